The fourth-order valence-electron chi connectivity index (χ4n) is 6.34. The van der Waals surface area contributed by atoms with Crippen molar-refractivity contribution >= 4 is 17.5 Å². The summed E-state index contributed by atoms with van der Waals surface area (Å²) in [5.74, 6) is 2.00. The summed E-state index contributed by atoms with van der Waals surface area (Å²) in [5, 5.41) is 0. The summed E-state index contributed by atoms with van der Waals surface area (Å²) in [6, 6.07) is 5.73. The smallest absolute Gasteiger partial charge is 0.289 e. The maximum absolute atomic E-state index is 12.5. The summed E-state index contributed by atoms with van der Waals surface area (Å²) in [7, 11) is 0. The van der Waals surface area contributed by atoms with Gasteiger partial charge in [-0.3, -0.25) is 20.4 Å². The fourth-order valence-corrected chi connectivity index (χ4v) is 6.34. The number of aromatic nitrogens is 2. The molecular formula is C21H26N4O2. The first-order valence-corrected chi connectivity index (χ1v) is 10.0. The van der Waals surface area contributed by atoms with Crippen molar-refractivity contribution in [3.05, 3.63) is 35.8 Å². The minimum Gasteiger partial charge on any atom is -0.304 e. The van der Waals surface area contributed by atoms with Crippen LogP contribution in [0.25, 0.3) is 5.65 Å². The lowest BCUT2D eigenvalue weighted by atomic mass is 9.49. The van der Waals surface area contributed by atoms with E-state index in [2.05, 4.69) is 15.8 Å². The largest absolute Gasteiger partial charge is 0.304 e. The number of amides is 2. The Bertz CT molecular complexity index is 881. The summed E-state index contributed by atoms with van der Waals surface area (Å²) >= 11 is 0. The molecule has 27 heavy (non-hydrogen) atoms. The highest BCUT2D eigenvalue weighted by Gasteiger charge is 2.51. The Morgan fingerprint density at radius 3 is 2.41 bits per heavy atom. The van der Waals surface area contributed by atoms with Gasteiger partial charge in [-0.15, -0.1) is 0 Å². The summed E-state index contributed by atoms with van der Waals surface area (Å²) in [5.41, 5.74) is 7.38. The lowest BCUT2D eigenvalue weighted by Gasteiger charge is -2.56. The Morgan fingerprint density at radius 1 is 1.11 bits per heavy atom. The average molecular weight is 366 g/mol. The molecular weight excluding hydrogens is 340 g/mol. The minimum atomic E-state index is -0.378. The van der Waals surface area contributed by atoms with Gasteiger partial charge in [0.2, 0.25) is 5.91 Å². The molecule has 2 aromatic rings. The maximum atomic E-state index is 12.5. The number of carbonyl (C=O) groups excluding carboxylic acids is 2. The molecule has 0 saturated heterocycles. The zero-order valence-electron chi connectivity index (χ0n) is 15.7. The molecule has 142 valence electrons. The van der Waals surface area contributed by atoms with Crippen LogP contribution in [0.15, 0.2) is 24.4 Å². The predicted molar refractivity (Wildman–Crippen MR) is 101 cm³/mol. The molecule has 4 aliphatic rings. The van der Waals surface area contributed by atoms with Gasteiger partial charge in [-0.05, 0) is 80.8 Å². The van der Waals surface area contributed by atoms with Crippen LogP contribution >= 0.6 is 0 Å². The zero-order valence-corrected chi connectivity index (χ0v) is 15.7. The number of rotatable bonds is 3. The Balaban J connectivity index is 1.21. The molecule has 6 nitrogen and oxygen atoms in total. The number of fused-ring (bicyclic) bond motifs is 1. The zero-order chi connectivity index (χ0) is 18.6. The van der Waals surface area contributed by atoms with Gasteiger partial charge >= 0.3 is 0 Å². The molecule has 0 unspecified atom stereocenters. The molecule has 0 radical (unpaired) electrons. The van der Waals surface area contributed by atoms with Gasteiger partial charge < -0.3 is 4.40 Å². The van der Waals surface area contributed by atoms with Crippen LogP contribution in [0.5, 0.6) is 0 Å². The van der Waals surface area contributed by atoms with Crippen molar-refractivity contribution in [3.8, 4) is 0 Å². The summed E-state index contributed by atoms with van der Waals surface area (Å²) < 4.78 is 1.87. The highest BCUT2D eigenvalue weighted by molar-refractivity contribution is 5.94. The van der Waals surface area contributed by atoms with E-state index in [4.69, 9.17) is 0 Å². The molecule has 4 fully saturated rings. The molecule has 4 saturated carbocycles. The molecule has 0 aromatic carbocycles. The molecule has 0 spiro atoms. The van der Waals surface area contributed by atoms with Crippen LogP contribution in [0.1, 0.15) is 61.1 Å². The van der Waals surface area contributed by atoms with E-state index in [0.717, 1.165) is 29.1 Å². The monoisotopic (exact) mass is 366 g/mol. The van der Waals surface area contributed by atoms with Gasteiger partial charge in [0.05, 0.1) is 0 Å². The van der Waals surface area contributed by atoms with Crippen LogP contribution in [0.3, 0.4) is 0 Å². The molecule has 4 aliphatic carbocycles. The van der Waals surface area contributed by atoms with Crippen LogP contribution in [-0.4, -0.2) is 21.2 Å². The van der Waals surface area contributed by atoms with Gasteiger partial charge in [0.25, 0.3) is 5.91 Å². The molecule has 6 rings (SSSR count). The van der Waals surface area contributed by atoms with E-state index in [9.17, 15) is 9.59 Å². The molecule has 2 aromatic heterocycles. The summed E-state index contributed by atoms with van der Waals surface area (Å²) in [6.07, 6.45) is 9.89. The third kappa shape index (κ3) is 3.01. The Hall–Kier alpha value is -2.37. The van der Waals surface area contributed by atoms with Crippen LogP contribution in [0.2, 0.25) is 0 Å². The topological polar surface area (TPSA) is 75.5 Å². The number of nitrogens with one attached hydrogen (secondary N) is 2. The molecule has 4 bridgehead atoms. The van der Waals surface area contributed by atoms with Crippen molar-refractivity contribution in [1.82, 2.24) is 20.2 Å². The van der Waals surface area contributed by atoms with Crippen molar-refractivity contribution in [2.45, 2.75) is 51.9 Å². The van der Waals surface area contributed by atoms with Crippen molar-refractivity contribution in [1.29, 1.82) is 0 Å². The Morgan fingerprint density at radius 2 is 1.78 bits per heavy atom. The van der Waals surface area contributed by atoms with Gasteiger partial charge in [-0.1, -0.05) is 6.07 Å². The van der Waals surface area contributed by atoms with E-state index in [1.54, 1.807) is 6.20 Å². The molecule has 6 heteroatoms. The van der Waals surface area contributed by atoms with Crippen LogP contribution in [-0.2, 0) is 4.79 Å². The quantitative estimate of drug-likeness (QED) is 0.820. The van der Waals surface area contributed by atoms with E-state index >= 15 is 0 Å². The molecule has 0 atom stereocenters. The molecule has 0 aliphatic heterocycles. The second kappa shape index (κ2) is 6.08. The lowest BCUT2D eigenvalue weighted by Crippen LogP contribution is -2.50. The number of hydrogen-bond acceptors (Lipinski definition) is 3. The van der Waals surface area contributed by atoms with Crippen molar-refractivity contribution < 1.29 is 9.59 Å². The molecule has 2 heterocycles. The van der Waals surface area contributed by atoms with Crippen molar-refractivity contribution in [2.75, 3.05) is 0 Å². The average Bonchev–Trinajstić information content (AvgIpc) is 3.04. The van der Waals surface area contributed by atoms with Gasteiger partial charge in [-0.25, -0.2) is 4.98 Å². The van der Waals surface area contributed by atoms with Crippen LogP contribution in [0, 0.1) is 30.1 Å². The minimum absolute atomic E-state index is 0.0785. The van der Waals surface area contributed by atoms with Gasteiger partial charge in [0.1, 0.15) is 11.3 Å². The third-order valence-corrected chi connectivity index (χ3v) is 6.94. The first kappa shape index (κ1) is 16.8. The lowest BCUT2D eigenvalue weighted by molar-refractivity contribution is -0.130. The van der Waals surface area contributed by atoms with Gasteiger partial charge in [0.15, 0.2) is 0 Å². The highest BCUT2D eigenvalue weighted by Crippen LogP contribution is 2.61. The Labute approximate surface area is 158 Å². The maximum Gasteiger partial charge on any atom is 0.289 e. The van der Waals surface area contributed by atoms with Crippen LogP contribution in [0.4, 0.5) is 0 Å². The van der Waals surface area contributed by atoms with E-state index in [0.29, 0.717) is 12.1 Å². The standard InChI is InChI=1S/C21H26N4O2/c1-13-3-2-4-18-22-17(12-25(13)18)20(27)24-23-19(26)11-21-8-14-5-15(9-21)7-16(6-14)10-21/h2-4,12,14-16H,5-11H2,1H3,(H,23,26)(H,24,27). The van der Waals surface area contributed by atoms with Crippen molar-refractivity contribution in [3.63, 3.8) is 0 Å². The van der Waals surface area contributed by atoms with Crippen molar-refractivity contribution in [2.24, 2.45) is 23.2 Å². The number of nitrogens with zero attached hydrogens (tertiary/aromatic N) is 2. The SMILES string of the molecule is Cc1cccc2nc(C(=O)NNC(=O)CC34CC5CC(CC(C5)C3)C4)cn12. The molecule has 2 amide bonds. The first-order chi connectivity index (χ1) is 13.0. The second-order valence-corrected chi connectivity index (χ2v) is 9.12. The number of hydrogen-bond donors (Lipinski definition) is 2. The number of pyridine rings is 1. The third-order valence-electron chi connectivity index (χ3n) is 6.94. The second-order valence-electron chi connectivity index (χ2n) is 9.12. The first-order valence-electron chi connectivity index (χ1n) is 10.0. The van der Waals surface area contributed by atoms with E-state index in [-0.39, 0.29) is 17.2 Å². The summed E-state index contributed by atoms with van der Waals surface area (Å²) in [6.45, 7) is 1.96. The number of imidazole rings is 1. The van der Waals surface area contributed by atoms with E-state index in [1.807, 2.05) is 29.5 Å². The molecule has 2 N–H and O–H groups in total. The Kier molecular flexibility index (Phi) is 3.78. The number of hydrazine groups is 1. The van der Waals surface area contributed by atoms with E-state index in [1.165, 1.54) is 38.5 Å². The van der Waals surface area contributed by atoms with Crippen LogP contribution < -0.4 is 10.9 Å². The normalized spacial score (nSPS) is 31.2. The predicted octanol–water partition coefficient (Wildman–Crippen LogP) is 3.01. The van der Waals surface area contributed by atoms with E-state index < -0.39 is 0 Å². The number of aryl methyl sites for hydroxylation is 1. The summed E-state index contributed by atoms with van der Waals surface area (Å²) in [4.78, 5) is 29.3. The van der Waals surface area contributed by atoms with Gasteiger partial charge in [-0.2, -0.15) is 0 Å². The highest BCUT2D eigenvalue weighted by atomic mass is 16.2. The number of carbonyl (C=O) groups is 2. The van der Waals surface area contributed by atoms with Gasteiger partial charge in [0, 0.05) is 18.3 Å². The fraction of sp³-hybridized carbons (Fsp3) is 0.571.